The minimum Gasteiger partial charge on any atom is -0.494 e. The first-order valence-corrected chi connectivity index (χ1v) is 9.13. The van der Waals surface area contributed by atoms with Crippen molar-refractivity contribution in [3.63, 3.8) is 0 Å². The molecule has 0 fully saturated rings. The number of hydrogen-bond donors (Lipinski definition) is 0. The molecule has 174 valence electrons. The summed E-state index contributed by atoms with van der Waals surface area (Å²) in [5, 5.41) is 0. The Labute approximate surface area is 176 Å². The summed E-state index contributed by atoms with van der Waals surface area (Å²) in [5.74, 6) is -2.33. The highest BCUT2D eigenvalue weighted by molar-refractivity contribution is 5.95. The van der Waals surface area contributed by atoms with E-state index in [1.165, 1.54) is 6.07 Å². The standard InChI is InChI=1S/C20H15F8NO3/c21-14-2-1-3-15(22)16(14)17-29-11(10-31-17)8-9-30-12-4-6-13(7-5-12)32-20(27,28)18(23)19(24,25)26/h1-7,11,18H,8-10H2. The SMILES string of the molecule is Fc1cccc(F)c1C1=NC(CCOc2ccc(OC(F)(F)C(F)C(F)(F)F)cc2)CO1. The highest BCUT2D eigenvalue weighted by Gasteiger charge is 2.59. The van der Waals surface area contributed by atoms with Crippen LogP contribution in [0, 0.1) is 11.6 Å². The van der Waals surface area contributed by atoms with Crippen LogP contribution in [0.1, 0.15) is 12.0 Å². The normalized spacial score (nSPS) is 17.5. The molecule has 0 amide bonds. The van der Waals surface area contributed by atoms with Crippen molar-refractivity contribution in [2.45, 2.75) is 30.9 Å². The van der Waals surface area contributed by atoms with Crippen molar-refractivity contribution >= 4 is 5.90 Å². The molecular weight excluding hydrogens is 454 g/mol. The Hall–Kier alpha value is -3.05. The lowest BCUT2D eigenvalue weighted by Crippen LogP contribution is -2.45. The Balaban J connectivity index is 1.52. The van der Waals surface area contributed by atoms with E-state index >= 15 is 0 Å². The Bertz CT molecular complexity index is 942. The fourth-order valence-electron chi connectivity index (χ4n) is 2.72. The second-order valence-electron chi connectivity index (χ2n) is 6.67. The molecule has 12 heteroatoms. The van der Waals surface area contributed by atoms with Crippen molar-refractivity contribution in [3.8, 4) is 11.5 Å². The molecule has 2 unspecified atom stereocenters. The minimum atomic E-state index is -5.78. The van der Waals surface area contributed by atoms with Crippen LogP contribution in [0.25, 0.3) is 0 Å². The number of rotatable bonds is 8. The van der Waals surface area contributed by atoms with Gasteiger partial charge in [-0.3, -0.25) is 0 Å². The molecule has 0 bridgehead atoms. The third-order valence-electron chi connectivity index (χ3n) is 4.27. The zero-order valence-electron chi connectivity index (χ0n) is 16.0. The molecule has 3 rings (SSSR count). The molecule has 2 aromatic rings. The molecule has 32 heavy (non-hydrogen) atoms. The lowest BCUT2D eigenvalue weighted by atomic mass is 10.2. The molecule has 1 heterocycles. The van der Waals surface area contributed by atoms with Crippen LogP contribution in [0.2, 0.25) is 0 Å². The lowest BCUT2D eigenvalue weighted by Gasteiger charge is -2.23. The molecule has 4 nitrogen and oxygen atoms in total. The van der Waals surface area contributed by atoms with Crippen LogP contribution in [0.5, 0.6) is 11.5 Å². The first kappa shape index (κ1) is 23.6. The monoisotopic (exact) mass is 469 g/mol. The second kappa shape index (κ2) is 9.21. The van der Waals surface area contributed by atoms with Crippen LogP contribution < -0.4 is 9.47 Å². The van der Waals surface area contributed by atoms with Gasteiger partial charge in [-0.2, -0.15) is 22.0 Å². The van der Waals surface area contributed by atoms with Gasteiger partial charge in [0.15, 0.2) is 0 Å². The number of hydrogen-bond acceptors (Lipinski definition) is 4. The summed E-state index contributed by atoms with van der Waals surface area (Å²) in [4.78, 5) is 4.11. The number of ether oxygens (including phenoxy) is 3. The van der Waals surface area contributed by atoms with E-state index in [1.54, 1.807) is 0 Å². The zero-order chi connectivity index (χ0) is 23.5. The summed E-state index contributed by atoms with van der Waals surface area (Å²) in [6.45, 7) is 0.124. The highest BCUT2D eigenvalue weighted by Crippen LogP contribution is 2.36. The molecule has 2 atom stereocenters. The number of aliphatic imine (C=N–C) groups is 1. The largest absolute Gasteiger partial charge is 0.494 e. The van der Waals surface area contributed by atoms with Crippen LogP contribution >= 0.6 is 0 Å². The number of alkyl halides is 6. The topological polar surface area (TPSA) is 40.0 Å². The molecule has 0 spiro atoms. The van der Waals surface area contributed by atoms with Crippen molar-refractivity contribution in [3.05, 3.63) is 59.7 Å². The first-order valence-electron chi connectivity index (χ1n) is 9.13. The van der Waals surface area contributed by atoms with E-state index in [9.17, 15) is 35.1 Å². The van der Waals surface area contributed by atoms with Gasteiger partial charge >= 0.3 is 12.3 Å². The van der Waals surface area contributed by atoms with Crippen molar-refractivity contribution < 1.29 is 49.3 Å². The summed E-state index contributed by atoms with van der Waals surface area (Å²) < 4.78 is 118. The van der Waals surface area contributed by atoms with Crippen LogP contribution in [-0.4, -0.2) is 43.6 Å². The zero-order valence-corrected chi connectivity index (χ0v) is 16.0. The van der Waals surface area contributed by atoms with Gasteiger partial charge in [0.25, 0.3) is 6.17 Å². The van der Waals surface area contributed by atoms with E-state index in [4.69, 9.17) is 9.47 Å². The van der Waals surface area contributed by atoms with Crippen molar-refractivity contribution in [2.24, 2.45) is 4.99 Å². The van der Waals surface area contributed by atoms with Crippen LogP contribution in [0.3, 0.4) is 0 Å². The van der Waals surface area contributed by atoms with Crippen LogP contribution in [0.4, 0.5) is 35.1 Å². The Morgan fingerprint density at radius 1 is 0.969 bits per heavy atom. The Kier molecular flexibility index (Phi) is 6.79. The van der Waals surface area contributed by atoms with Gasteiger partial charge in [0.2, 0.25) is 5.90 Å². The molecule has 0 saturated heterocycles. The van der Waals surface area contributed by atoms with Crippen LogP contribution in [0.15, 0.2) is 47.5 Å². The van der Waals surface area contributed by atoms with Crippen LogP contribution in [-0.2, 0) is 4.74 Å². The molecule has 0 aliphatic carbocycles. The average molecular weight is 469 g/mol. The van der Waals surface area contributed by atoms with Gasteiger partial charge in [0.05, 0.1) is 12.6 Å². The predicted molar refractivity (Wildman–Crippen MR) is 95.7 cm³/mol. The van der Waals surface area contributed by atoms with E-state index in [0.29, 0.717) is 0 Å². The van der Waals surface area contributed by atoms with Gasteiger partial charge in [-0.05, 0) is 36.4 Å². The van der Waals surface area contributed by atoms with E-state index < -0.39 is 41.9 Å². The smallest absolute Gasteiger partial charge is 0.439 e. The second-order valence-corrected chi connectivity index (χ2v) is 6.67. The van der Waals surface area contributed by atoms with Gasteiger partial charge in [-0.15, -0.1) is 0 Å². The highest BCUT2D eigenvalue weighted by atomic mass is 19.4. The third kappa shape index (κ3) is 5.60. The molecule has 1 aliphatic rings. The average Bonchev–Trinajstić information content (AvgIpc) is 3.16. The summed E-state index contributed by atoms with van der Waals surface area (Å²) >= 11 is 0. The molecule has 0 N–H and O–H groups in total. The first-order chi connectivity index (χ1) is 15.0. The maximum absolute atomic E-state index is 13.8. The minimum absolute atomic E-state index is 0.0571. The lowest BCUT2D eigenvalue weighted by molar-refractivity contribution is -0.304. The number of halogens is 8. The fraction of sp³-hybridized carbons (Fsp3) is 0.350. The Morgan fingerprint density at radius 3 is 2.16 bits per heavy atom. The number of benzene rings is 2. The summed E-state index contributed by atoms with van der Waals surface area (Å²) in [6, 6.07) is 6.96. The predicted octanol–water partition coefficient (Wildman–Crippen LogP) is 5.45. The molecular formula is C20H15F8NO3. The fourth-order valence-corrected chi connectivity index (χ4v) is 2.72. The molecule has 0 saturated carbocycles. The van der Waals surface area contributed by atoms with Gasteiger partial charge in [-0.1, -0.05) is 6.07 Å². The molecule has 2 aromatic carbocycles. The van der Waals surface area contributed by atoms with Gasteiger partial charge in [0.1, 0.15) is 35.3 Å². The molecule has 0 aromatic heterocycles. The Morgan fingerprint density at radius 2 is 1.56 bits per heavy atom. The number of nitrogens with zero attached hydrogens (tertiary/aromatic N) is 1. The van der Waals surface area contributed by atoms with Crippen molar-refractivity contribution in [1.82, 2.24) is 0 Å². The van der Waals surface area contributed by atoms with E-state index in [-0.39, 0.29) is 36.8 Å². The third-order valence-corrected chi connectivity index (χ3v) is 4.27. The van der Waals surface area contributed by atoms with Crippen molar-refractivity contribution in [2.75, 3.05) is 13.2 Å². The molecule has 0 radical (unpaired) electrons. The van der Waals surface area contributed by atoms with Gasteiger partial charge in [-0.25, -0.2) is 18.2 Å². The quantitative estimate of drug-likeness (QED) is 0.483. The summed E-state index contributed by atoms with van der Waals surface area (Å²) in [5.41, 5.74) is -0.371. The summed E-state index contributed by atoms with van der Waals surface area (Å²) in [7, 11) is 0. The summed E-state index contributed by atoms with van der Waals surface area (Å²) in [6.07, 6.45) is -15.1. The van der Waals surface area contributed by atoms with Crippen molar-refractivity contribution in [1.29, 1.82) is 0 Å². The van der Waals surface area contributed by atoms with E-state index in [1.807, 2.05) is 0 Å². The van der Waals surface area contributed by atoms with Gasteiger partial charge in [0, 0.05) is 6.42 Å². The maximum atomic E-state index is 13.8. The van der Waals surface area contributed by atoms with E-state index in [2.05, 4.69) is 9.73 Å². The van der Waals surface area contributed by atoms with E-state index in [0.717, 1.165) is 36.4 Å². The van der Waals surface area contributed by atoms with Gasteiger partial charge < -0.3 is 14.2 Å². The molecule has 1 aliphatic heterocycles. The maximum Gasteiger partial charge on any atom is 0.439 e.